The first-order valence-corrected chi connectivity index (χ1v) is 21.1. The minimum absolute atomic E-state index is 0.941. The van der Waals surface area contributed by atoms with E-state index >= 15 is 0 Å². The van der Waals surface area contributed by atoms with E-state index < -0.39 is 16.6 Å². The average Bonchev–Trinajstić information content (AvgIpc) is 2.92. The van der Waals surface area contributed by atoms with Crippen LogP contribution in [0.25, 0.3) is 43.1 Å². The summed E-state index contributed by atoms with van der Waals surface area (Å²) in [6, 6.07) is 35.2. The second-order valence-electron chi connectivity index (χ2n) is 12.7. The van der Waals surface area contributed by atoms with E-state index in [4.69, 9.17) is 8.85 Å². The molecule has 0 atom stereocenters. The van der Waals surface area contributed by atoms with E-state index in [1.807, 2.05) is 0 Å². The Kier molecular flexibility index (Phi) is 6.72. The van der Waals surface area contributed by atoms with E-state index in [0.717, 1.165) is 24.3 Å². The lowest BCUT2D eigenvalue weighted by Gasteiger charge is -2.25. The topological polar surface area (TPSA) is 18.5 Å². The molecule has 6 rings (SSSR count). The molecule has 0 aromatic heterocycles. The van der Waals surface area contributed by atoms with Crippen LogP contribution in [0.4, 0.5) is 0 Å². The number of fused-ring (bicyclic) bond motifs is 4. The lowest BCUT2D eigenvalue weighted by atomic mass is 9.88. The van der Waals surface area contributed by atoms with Crippen molar-refractivity contribution in [3.05, 3.63) is 108 Å². The van der Waals surface area contributed by atoms with Gasteiger partial charge in [0.2, 0.25) is 16.6 Å². The van der Waals surface area contributed by atoms with Crippen molar-refractivity contribution in [2.24, 2.45) is 0 Å². The van der Waals surface area contributed by atoms with Gasteiger partial charge in [-0.2, -0.15) is 0 Å². The van der Waals surface area contributed by atoms with Crippen LogP contribution in [0.3, 0.4) is 0 Å². The molecule has 0 N–H and O–H groups in total. The van der Waals surface area contributed by atoms with Crippen LogP contribution < -0.4 is 8.85 Å². The summed E-state index contributed by atoms with van der Waals surface area (Å²) in [6.07, 6.45) is 1.88. The van der Waals surface area contributed by atoms with Gasteiger partial charge in [0.25, 0.3) is 0 Å². The maximum atomic E-state index is 6.74. The van der Waals surface area contributed by atoms with Gasteiger partial charge in [-0.1, -0.05) is 97.1 Å². The zero-order chi connectivity index (χ0) is 28.1. The highest BCUT2D eigenvalue weighted by Crippen LogP contribution is 2.42. The van der Waals surface area contributed by atoms with Crippen molar-refractivity contribution in [1.82, 2.24) is 0 Å². The first kappa shape index (κ1) is 26.6. The summed E-state index contributed by atoms with van der Waals surface area (Å²) in [5.74, 6) is 2.08. The summed E-state index contributed by atoms with van der Waals surface area (Å²) in [4.78, 5) is 0. The maximum Gasteiger partial charge on any atom is 0.242 e. The molecule has 0 aliphatic rings. The lowest BCUT2D eigenvalue weighted by molar-refractivity contribution is 0.569. The van der Waals surface area contributed by atoms with Gasteiger partial charge in [-0.3, -0.25) is 0 Å². The highest BCUT2D eigenvalue weighted by atomic mass is 28.4. The van der Waals surface area contributed by atoms with Crippen LogP contribution in [0, 0.1) is 0 Å². The molecule has 0 aliphatic carbocycles. The van der Waals surface area contributed by atoms with Gasteiger partial charge < -0.3 is 8.85 Å². The van der Waals surface area contributed by atoms with Crippen LogP contribution in [0.15, 0.2) is 97.1 Å². The van der Waals surface area contributed by atoms with Crippen LogP contribution in [0.1, 0.15) is 11.1 Å². The van der Waals surface area contributed by atoms with Crippen LogP contribution in [-0.2, 0) is 12.8 Å². The van der Waals surface area contributed by atoms with E-state index in [1.165, 1.54) is 54.2 Å². The first-order valence-electron chi connectivity index (χ1n) is 14.3. The standard InChI is InChI=1S/C36H38O2Si2/c1-39(2,3)37-35-31-19-11-7-15-25(31)29(26-16-8-12-20-32(26)35)23-24-30-27-17-9-13-21-33(27)36(38-40(4,5)6)34-22-14-10-18-28(30)34/h7-22H,23-24H2,1-6H3. The highest BCUT2D eigenvalue weighted by molar-refractivity contribution is 6.71. The van der Waals surface area contributed by atoms with Crippen molar-refractivity contribution in [2.75, 3.05) is 0 Å². The third-order valence-corrected chi connectivity index (χ3v) is 9.06. The van der Waals surface area contributed by atoms with Crippen molar-refractivity contribution < 1.29 is 8.85 Å². The Morgan fingerprint density at radius 3 is 0.825 bits per heavy atom. The van der Waals surface area contributed by atoms with Crippen LogP contribution in [0.5, 0.6) is 11.5 Å². The molecule has 0 aliphatic heterocycles. The molecule has 0 amide bonds. The smallest absolute Gasteiger partial charge is 0.242 e. The summed E-state index contributed by atoms with van der Waals surface area (Å²) < 4.78 is 13.5. The fraction of sp³-hybridized carbons (Fsp3) is 0.222. The van der Waals surface area contributed by atoms with Crippen LogP contribution >= 0.6 is 0 Å². The quantitative estimate of drug-likeness (QED) is 0.143. The molecule has 0 radical (unpaired) electrons. The van der Waals surface area contributed by atoms with E-state index in [9.17, 15) is 0 Å². The fourth-order valence-electron chi connectivity index (χ4n) is 5.98. The van der Waals surface area contributed by atoms with Crippen LogP contribution in [0.2, 0.25) is 39.3 Å². The number of benzene rings is 6. The van der Waals surface area contributed by atoms with Gasteiger partial charge in [0.1, 0.15) is 11.5 Å². The molecular weight excluding hydrogens is 521 g/mol. The average molecular weight is 559 g/mol. The monoisotopic (exact) mass is 558 g/mol. The van der Waals surface area contributed by atoms with Gasteiger partial charge in [0.05, 0.1) is 0 Å². The van der Waals surface area contributed by atoms with E-state index in [1.54, 1.807) is 0 Å². The molecule has 4 heteroatoms. The summed E-state index contributed by atoms with van der Waals surface area (Å²) >= 11 is 0. The Hall–Kier alpha value is -3.61. The zero-order valence-corrected chi connectivity index (χ0v) is 26.5. The van der Waals surface area contributed by atoms with Crippen LogP contribution in [-0.4, -0.2) is 16.6 Å². The van der Waals surface area contributed by atoms with Crippen molar-refractivity contribution in [2.45, 2.75) is 52.1 Å². The van der Waals surface area contributed by atoms with Gasteiger partial charge in [0.15, 0.2) is 0 Å². The number of hydrogen-bond donors (Lipinski definition) is 0. The molecular formula is C36H38O2Si2. The highest BCUT2D eigenvalue weighted by Gasteiger charge is 2.24. The third-order valence-electron chi connectivity index (χ3n) is 7.43. The van der Waals surface area contributed by atoms with Gasteiger partial charge >= 0.3 is 0 Å². The second-order valence-corrected chi connectivity index (χ2v) is 21.6. The summed E-state index contributed by atoms with van der Waals surface area (Å²) in [5, 5.41) is 10.0. The van der Waals surface area contributed by atoms with E-state index in [0.29, 0.717) is 0 Å². The van der Waals surface area contributed by atoms with Crippen molar-refractivity contribution in [3.63, 3.8) is 0 Å². The molecule has 0 spiro atoms. The molecule has 6 aromatic carbocycles. The largest absolute Gasteiger partial charge is 0.543 e. The molecule has 0 bridgehead atoms. The van der Waals surface area contributed by atoms with E-state index in [-0.39, 0.29) is 0 Å². The zero-order valence-electron chi connectivity index (χ0n) is 24.5. The Labute approximate surface area is 239 Å². The Morgan fingerprint density at radius 1 is 0.375 bits per heavy atom. The summed E-state index contributed by atoms with van der Waals surface area (Å²) in [5.41, 5.74) is 2.79. The minimum atomic E-state index is -1.81. The normalized spacial score (nSPS) is 12.4. The fourth-order valence-corrected chi connectivity index (χ4v) is 7.64. The molecule has 0 unspecified atom stereocenters. The van der Waals surface area contributed by atoms with Gasteiger partial charge in [0, 0.05) is 21.5 Å². The molecule has 0 saturated carbocycles. The molecule has 0 heterocycles. The minimum Gasteiger partial charge on any atom is -0.543 e. The second kappa shape index (κ2) is 10.1. The first-order chi connectivity index (χ1) is 19.1. The van der Waals surface area contributed by atoms with Gasteiger partial charge in [-0.05, 0) is 84.8 Å². The molecule has 40 heavy (non-hydrogen) atoms. The van der Waals surface area contributed by atoms with Gasteiger partial charge in [-0.25, -0.2) is 0 Å². The Morgan fingerprint density at radius 2 is 0.600 bits per heavy atom. The van der Waals surface area contributed by atoms with E-state index in [2.05, 4.69) is 136 Å². The summed E-state index contributed by atoms with van der Waals surface area (Å²) in [6.45, 7) is 13.6. The third kappa shape index (κ3) is 5.02. The lowest BCUT2D eigenvalue weighted by Crippen LogP contribution is -2.29. The molecule has 6 aromatic rings. The summed E-state index contributed by atoms with van der Waals surface area (Å²) in [7, 11) is -3.63. The molecule has 0 saturated heterocycles. The number of rotatable bonds is 7. The number of aryl methyl sites for hydroxylation is 2. The van der Waals surface area contributed by atoms with Crippen molar-refractivity contribution in [1.29, 1.82) is 0 Å². The molecule has 2 nitrogen and oxygen atoms in total. The number of hydrogen-bond acceptors (Lipinski definition) is 2. The molecule has 202 valence electrons. The molecule has 0 fully saturated rings. The SMILES string of the molecule is C[Si](C)(C)Oc1c2ccccc2c(CCc2c3ccccc3c(O[Si](C)(C)C)c3ccccc23)c2ccccc12. The van der Waals surface area contributed by atoms with Crippen molar-refractivity contribution >= 4 is 59.7 Å². The van der Waals surface area contributed by atoms with Crippen molar-refractivity contribution in [3.8, 4) is 11.5 Å². The van der Waals surface area contributed by atoms with Gasteiger partial charge in [-0.15, -0.1) is 0 Å². The Bertz CT molecular complexity index is 1620. The predicted molar refractivity (Wildman–Crippen MR) is 178 cm³/mol. The Balaban J connectivity index is 1.55. The maximum absolute atomic E-state index is 6.74. The predicted octanol–water partition coefficient (Wildman–Crippen LogP) is 10.5.